The van der Waals surface area contributed by atoms with Crippen LogP contribution in [0.5, 0.6) is 0 Å². The monoisotopic (exact) mass is 310 g/mol. The van der Waals surface area contributed by atoms with Crippen LogP contribution in [0.1, 0.15) is 31.2 Å². The molecule has 1 aliphatic carbocycles. The van der Waals surface area contributed by atoms with Crippen LogP contribution >= 0.6 is 11.3 Å². The van der Waals surface area contributed by atoms with Gasteiger partial charge in [0, 0.05) is 25.6 Å². The highest BCUT2D eigenvalue weighted by Crippen LogP contribution is 2.26. The summed E-state index contributed by atoms with van der Waals surface area (Å²) in [6.45, 7) is 2.29. The molecule has 0 aliphatic heterocycles. The summed E-state index contributed by atoms with van der Waals surface area (Å²) < 4.78 is 0. The molecule has 0 unspecified atom stereocenters. The molecule has 0 spiro atoms. The lowest BCUT2D eigenvalue weighted by molar-refractivity contribution is -0.138. The number of thiophene rings is 1. The van der Waals surface area contributed by atoms with Crippen molar-refractivity contribution in [2.45, 2.75) is 38.3 Å². The van der Waals surface area contributed by atoms with Gasteiger partial charge in [-0.25, -0.2) is 0 Å². The summed E-state index contributed by atoms with van der Waals surface area (Å²) in [6, 6.07) is 2.08. The topological polar surface area (TPSA) is 43.8 Å². The van der Waals surface area contributed by atoms with E-state index >= 15 is 0 Å². The van der Waals surface area contributed by atoms with E-state index in [9.17, 15) is 9.90 Å². The Hall–Kier alpha value is -0.910. The van der Waals surface area contributed by atoms with Crippen molar-refractivity contribution in [2.75, 3.05) is 27.2 Å². The molecule has 4 nitrogen and oxygen atoms in total. The maximum atomic E-state index is 12.8. The average molecular weight is 310 g/mol. The molecule has 1 amide bonds. The maximum absolute atomic E-state index is 12.8. The quantitative estimate of drug-likeness (QED) is 0.876. The number of hydrogen-bond acceptors (Lipinski definition) is 4. The normalized spacial score (nSPS) is 22.5. The zero-order valence-electron chi connectivity index (χ0n) is 13.0. The highest BCUT2D eigenvalue weighted by molar-refractivity contribution is 7.07. The number of hydrogen-bond donors (Lipinski definition) is 1. The van der Waals surface area contributed by atoms with E-state index in [0.29, 0.717) is 13.0 Å². The van der Waals surface area contributed by atoms with E-state index in [4.69, 9.17) is 0 Å². The molecule has 2 rings (SSSR count). The third kappa shape index (κ3) is 5.09. The standard InChI is InChI=1S/C16H26N2O2S/c1-17(2)7-8-18(11-13-6-9-21-12-13)16(20)14-4-3-5-15(19)10-14/h6,9,12,14-15,19H,3-5,7-8,10-11H2,1-2H3/t14-,15+/m0/s1. The largest absolute Gasteiger partial charge is 0.393 e. The van der Waals surface area contributed by atoms with E-state index in [-0.39, 0.29) is 17.9 Å². The van der Waals surface area contributed by atoms with Crippen LogP contribution < -0.4 is 0 Å². The van der Waals surface area contributed by atoms with Gasteiger partial charge in [0.15, 0.2) is 0 Å². The summed E-state index contributed by atoms with van der Waals surface area (Å²) in [7, 11) is 4.05. The van der Waals surface area contributed by atoms with E-state index in [1.54, 1.807) is 11.3 Å². The molecule has 0 aromatic carbocycles. The molecule has 0 bridgehead atoms. The van der Waals surface area contributed by atoms with Gasteiger partial charge in [-0.2, -0.15) is 11.3 Å². The van der Waals surface area contributed by atoms with E-state index in [2.05, 4.69) is 16.3 Å². The third-order valence-corrected chi connectivity index (χ3v) is 4.81. The Morgan fingerprint density at radius 3 is 2.81 bits per heavy atom. The fraction of sp³-hybridized carbons (Fsp3) is 0.688. The lowest BCUT2D eigenvalue weighted by atomic mass is 9.86. The second-order valence-electron chi connectivity index (χ2n) is 6.21. The van der Waals surface area contributed by atoms with Gasteiger partial charge in [0.25, 0.3) is 0 Å². The Morgan fingerprint density at radius 2 is 2.19 bits per heavy atom. The minimum absolute atomic E-state index is 0.00505. The number of amides is 1. The van der Waals surface area contributed by atoms with Gasteiger partial charge in [0.1, 0.15) is 0 Å². The first-order valence-electron chi connectivity index (χ1n) is 7.69. The summed E-state index contributed by atoms with van der Waals surface area (Å²) in [5.74, 6) is 0.205. The maximum Gasteiger partial charge on any atom is 0.226 e. The molecule has 0 radical (unpaired) electrons. The van der Waals surface area contributed by atoms with Crippen molar-refractivity contribution >= 4 is 17.2 Å². The van der Waals surface area contributed by atoms with Crippen LogP contribution in [0.4, 0.5) is 0 Å². The van der Waals surface area contributed by atoms with Gasteiger partial charge in [-0.3, -0.25) is 4.79 Å². The first-order valence-corrected chi connectivity index (χ1v) is 8.63. The van der Waals surface area contributed by atoms with Crippen LogP contribution in [-0.2, 0) is 11.3 Å². The fourth-order valence-corrected chi connectivity index (χ4v) is 3.50. The van der Waals surface area contributed by atoms with Crippen LogP contribution in [0.3, 0.4) is 0 Å². The predicted molar refractivity (Wildman–Crippen MR) is 86.3 cm³/mol. The Bertz CT molecular complexity index is 433. The fourth-order valence-electron chi connectivity index (χ4n) is 2.84. The van der Waals surface area contributed by atoms with Gasteiger partial charge < -0.3 is 14.9 Å². The molecule has 21 heavy (non-hydrogen) atoms. The summed E-state index contributed by atoms with van der Waals surface area (Å²) in [5.41, 5.74) is 1.20. The third-order valence-electron chi connectivity index (χ3n) is 4.08. The Morgan fingerprint density at radius 1 is 1.38 bits per heavy atom. The van der Waals surface area contributed by atoms with Gasteiger partial charge in [0.2, 0.25) is 5.91 Å². The number of nitrogens with zero attached hydrogens (tertiary/aromatic N) is 2. The summed E-state index contributed by atoms with van der Waals surface area (Å²) in [6.07, 6.45) is 3.03. The number of rotatable bonds is 6. The summed E-state index contributed by atoms with van der Waals surface area (Å²) in [5, 5.41) is 14.0. The van der Waals surface area contributed by atoms with Crippen molar-refractivity contribution < 1.29 is 9.90 Å². The predicted octanol–water partition coefficient (Wildman–Crippen LogP) is 2.19. The first kappa shape index (κ1) is 16.5. The second kappa shape index (κ2) is 7.92. The van der Waals surface area contributed by atoms with E-state index < -0.39 is 0 Å². The Kier molecular flexibility index (Phi) is 6.21. The molecule has 2 atom stereocenters. The second-order valence-corrected chi connectivity index (χ2v) is 6.99. The van der Waals surface area contributed by atoms with Gasteiger partial charge in [0.05, 0.1) is 6.10 Å². The van der Waals surface area contributed by atoms with Gasteiger partial charge in [-0.1, -0.05) is 6.42 Å². The molecule has 1 aromatic heterocycles. The highest BCUT2D eigenvalue weighted by atomic mass is 32.1. The van der Waals surface area contributed by atoms with E-state index in [0.717, 1.165) is 32.4 Å². The number of carbonyl (C=O) groups is 1. The summed E-state index contributed by atoms with van der Waals surface area (Å²) >= 11 is 1.67. The molecular weight excluding hydrogens is 284 g/mol. The first-order chi connectivity index (χ1) is 10.1. The van der Waals surface area contributed by atoms with Crippen LogP contribution in [0.15, 0.2) is 16.8 Å². The molecule has 1 aromatic rings. The zero-order chi connectivity index (χ0) is 15.2. The van der Waals surface area contributed by atoms with Crippen LogP contribution in [0, 0.1) is 5.92 Å². The molecular formula is C16H26N2O2S. The van der Waals surface area contributed by atoms with Crippen molar-refractivity contribution in [3.05, 3.63) is 22.4 Å². The van der Waals surface area contributed by atoms with Crippen molar-refractivity contribution in [2.24, 2.45) is 5.92 Å². The average Bonchev–Trinajstić information content (AvgIpc) is 2.95. The van der Waals surface area contributed by atoms with E-state index in [1.807, 2.05) is 24.4 Å². The van der Waals surface area contributed by atoms with E-state index in [1.165, 1.54) is 5.56 Å². The molecule has 5 heteroatoms. The van der Waals surface area contributed by atoms with Crippen LogP contribution in [0.2, 0.25) is 0 Å². The zero-order valence-corrected chi connectivity index (χ0v) is 13.8. The number of aliphatic hydroxyl groups excluding tert-OH is 1. The smallest absolute Gasteiger partial charge is 0.226 e. The lowest BCUT2D eigenvalue weighted by Crippen LogP contribution is -2.41. The number of aliphatic hydroxyl groups is 1. The van der Waals surface area contributed by atoms with Crippen molar-refractivity contribution in [3.8, 4) is 0 Å². The molecule has 1 heterocycles. The van der Waals surface area contributed by atoms with Crippen LogP contribution in [-0.4, -0.2) is 54.1 Å². The van der Waals surface area contributed by atoms with Crippen LogP contribution in [0.25, 0.3) is 0 Å². The Balaban J connectivity index is 2.00. The minimum atomic E-state index is -0.301. The lowest BCUT2D eigenvalue weighted by Gasteiger charge is -2.31. The van der Waals surface area contributed by atoms with Crippen molar-refractivity contribution in [3.63, 3.8) is 0 Å². The molecule has 1 aliphatic rings. The molecule has 0 saturated heterocycles. The van der Waals surface area contributed by atoms with Crippen molar-refractivity contribution in [1.82, 2.24) is 9.80 Å². The minimum Gasteiger partial charge on any atom is -0.393 e. The molecule has 1 saturated carbocycles. The highest BCUT2D eigenvalue weighted by Gasteiger charge is 2.29. The Labute approximate surface area is 131 Å². The molecule has 1 N–H and O–H groups in total. The van der Waals surface area contributed by atoms with Gasteiger partial charge in [-0.15, -0.1) is 0 Å². The molecule has 1 fully saturated rings. The van der Waals surface area contributed by atoms with Crippen molar-refractivity contribution in [1.29, 1.82) is 0 Å². The SMILES string of the molecule is CN(C)CCN(Cc1ccsc1)C(=O)[C@H]1CCC[C@@H](O)C1. The molecule has 118 valence electrons. The summed E-state index contributed by atoms with van der Waals surface area (Å²) in [4.78, 5) is 16.8. The van der Waals surface area contributed by atoms with Gasteiger partial charge in [-0.05, 0) is 55.7 Å². The van der Waals surface area contributed by atoms with Gasteiger partial charge >= 0.3 is 0 Å². The number of likely N-dealkylation sites (N-methyl/N-ethyl adjacent to an activating group) is 1. The number of carbonyl (C=O) groups excluding carboxylic acids is 1.